The second kappa shape index (κ2) is 20.2. The first kappa shape index (κ1) is 41.3. The summed E-state index contributed by atoms with van der Waals surface area (Å²) in [4.78, 5) is 0. The number of hydrogen-bond acceptors (Lipinski definition) is 1. The predicted molar refractivity (Wildman–Crippen MR) is 252 cm³/mol. The first-order valence-corrected chi connectivity index (χ1v) is 24.4. The molecule has 0 heterocycles. The molecule has 0 spiro atoms. The third-order valence-electron chi connectivity index (χ3n) is 12.9. The summed E-state index contributed by atoms with van der Waals surface area (Å²) in [5.74, 6) is 1.83. The Morgan fingerprint density at radius 3 is 1.40 bits per heavy atom. The second-order valence-electron chi connectivity index (χ2n) is 17.0. The van der Waals surface area contributed by atoms with Crippen LogP contribution in [0.5, 0.6) is 0 Å². The summed E-state index contributed by atoms with van der Waals surface area (Å²) < 4.78 is 0. The Morgan fingerprint density at radius 1 is 0.561 bits per heavy atom. The van der Waals surface area contributed by atoms with Crippen LogP contribution in [0.2, 0.25) is 0 Å². The molecule has 1 nitrogen and oxygen atoms in total. The molecule has 1 N–H and O–H groups in total. The van der Waals surface area contributed by atoms with Gasteiger partial charge >= 0.3 is 0 Å². The number of nitrogens with one attached hydrogen (secondary N) is 1. The van der Waals surface area contributed by atoms with E-state index >= 15 is 0 Å². The molecule has 1 fully saturated rings. The van der Waals surface area contributed by atoms with Crippen molar-refractivity contribution < 1.29 is 0 Å². The average molecular weight is 788 g/mol. The van der Waals surface area contributed by atoms with Crippen LogP contribution < -0.4 is 26.5 Å². The van der Waals surface area contributed by atoms with Crippen LogP contribution in [0.15, 0.2) is 176 Å². The van der Waals surface area contributed by atoms with Crippen LogP contribution in [0.1, 0.15) is 94.7 Å². The van der Waals surface area contributed by atoms with E-state index < -0.39 is 15.8 Å². The van der Waals surface area contributed by atoms with Crippen LogP contribution >= 0.6 is 15.8 Å². The van der Waals surface area contributed by atoms with Crippen LogP contribution in [0.25, 0.3) is 0 Å². The van der Waals surface area contributed by atoms with Crippen molar-refractivity contribution >= 4 is 37.1 Å². The van der Waals surface area contributed by atoms with Gasteiger partial charge in [-0.2, -0.15) is 0 Å². The van der Waals surface area contributed by atoms with Gasteiger partial charge in [0, 0.05) is 6.54 Å². The van der Waals surface area contributed by atoms with E-state index in [4.69, 9.17) is 0 Å². The van der Waals surface area contributed by atoms with Gasteiger partial charge in [0.05, 0.1) is 0 Å². The highest BCUT2D eigenvalue weighted by molar-refractivity contribution is 7.77. The van der Waals surface area contributed by atoms with Crippen molar-refractivity contribution in [3.8, 4) is 0 Å². The molecule has 0 saturated heterocycles. The van der Waals surface area contributed by atoms with Gasteiger partial charge in [0.25, 0.3) is 0 Å². The molecule has 6 aromatic rings. The van der Waals surface area contributed by atoms with Gasteiger partial charge in [0.2, 0.25) is 0 Å². The molecule has 0 radical (unpaired) electrons. The molecule has 294 valence electrons. The Morgan fingerprint density at radius 2 is 0.982 bits per heavy atom. The molecule has 0 amide bonds. The molecule has 4 atom stereocenters. The second-order valence-corrected chi connectivity index (χ2v) is 21.9. The molecule has 3 heteroatoms. The highest BCUT2D eigenvalue weighted by Crippen LogP contribution is 2.62. The summed E-state index contributed by atoms with van der Waals surface area (Å²) in [6.45, 7) is 11.9. The summed E-state index contributed by atoms with van der Waals surface area (Å²) in [5, 5.41) is 9.91. The third kappa shape index (κ3) is 10.6. The first-order valence-electron chi connectivity index (χ1n) is 21.5. The zero-order valence-corrected chi connectivity index (χ0v) is 36.5. The topological polar surface area (TPSA) is 12.0 Å². The van der Waals surface area contributed by atoms with E-state index in [1.165, 1.54) is 76.4 Å². The molecule has 1 saturated carbocycles. The van der Waals surface area contributed by atoms with Gasteiger partial charge in [-0.15, -0.1) is 0 Å². The van der Waals surface area contributed by atoms with Crippen molar-refractivity contribution in [2.75, 3.05) is 6.54 Å². The van der Waals surface area contributed by atoms with Crippen molar-refractivity contribution in [2.45, 2.75) is 95.9 Å². The first-order chi connectivity index (χ1) is 27.9. The molecule has 6 aromatic carbocycles. The van der Waals surface area contributed by atoms with Gasteiger partial charge < -0.3 is 5.32 Å². The van der Waals surface area contributed by atoms with E-state index in [9.17, 15) is 0 Å². The maximum absolute atomic E-state index is 3.83. The largest absolute Gasteiger partial charge is 0.313 e. The minimum Gasteiger partial charge on any atom is -0.313 e. The fourth-order valence-corrected chi connectivity index (χ4v) is 16.3. The molecule has 1 aliphatic rings. The normalized spacial score (nSPS) is 18.2. The maximum Gasteiger partial charge on any atom is 0.0205 e. The Hall–Kier alpha value is -3.86. The molecular formula is C54H63NP2. The van der Waals surface area contributed by atoms with Gasteiger partial charge in [-0.1, -0.05) is 204 Å². The lowest BCUT2D eigenvalue weighted by Gasteiger charge is -2.35. The van der Waals surface area contributed by atoms with E-state index in [1.807, 2.05) is 0 Å². The predicted octanol–water partition coefficient (Wildman–Crippen LogP) is 12.7. The minimum atomic E-state index is -0.542. The van der Waals surface area contributed by atoms with Crippen molar-refractivity contribution in [3.05, 3.63) is 193 Å². The lowest BCUT2D eigenvalue weighted by atomic mass is 9.74. The van der Waals surface area contributed by atoms with Crippen LogP contribution in [0, 0.1) is 11.3 Å². The summed E-state index contributed by atoms with van der Waals surface area (Å²) in [6.07, 6.45) is 7.38. The number of benzene rings is 6. The molecule has 1 aliphatic carbocycles. The molecule has 0 aliphatic heterocycles. The Balaban J connectivity index is 1.04. The van der Waals surface area contributed by atoms with Gasteiger partial charge in [-0.05, 0) is 133 Å². The monoisotopic (exact) mass is 787 g/mol. The van der Waals surface area contributed by atoms with E-state index in [-0.39, 0.29) is 5.41 Å². The van der Waals surface area contributed by atoms with Crippen LogP contribution in [0.4, 0.5) is 0 Å². The van der Waals surface area contributed by atoms with E-state index in [0.717, 1.165) is 13.1 Å². The molecular weight excluding hydrogens is 725 g/mol. The van der Waals surface area contributed by atoms with Crippen LogP contribution in [-0.4, -0.2) is 17.9 Å². The minimum absolute atomic E-state index is 0.255. The van der Waals surface area contributed by atoms with Crippen molar-refractivity contribution in [2.24, 2.45) is 11.3 Å². The summed E-state index contributed by atoms with van der Waals surface area (Å²) in [5.41, 5.74) is 5.78. The van der Waals surface area contributed by atoms with Crippen molar-refractivity contribution in [3.63, 3.8) is 0 Å². The Bertz CT molecular complexity index is 1860. The van der Waals surface area contributed by atoms with Crippen molar-refractivity contribution in [1.82, 2.24) is 5.32 Å². The molecule has 0 aromatic heterocycles. The van der Waals surface area contributed by atoms with Gasteiger partial charge in [0.15, 0.2) is 0 Å². The van der Waals surface area contributed by atoms with Gasteiger partial charge in [-0.3, -0.25) is 0 Å². The maximum atomic E-state index is 3.83. The highest BCUT2D eigenvalue weighted by atomic mass is 31.1. The molecule has 0 bridgehead atoms. The van der Waals surface area contributed by atoms with Crippen LogP contribution in [-0.2, 0) is 6.54 Å². The fraction of sp³-hybridized carbons (Fsp3) is 0.333. The average Bonchev–Trinajstić information content (AvgIpc) is 3.70. The number of hydrogen-bond donors (Lipinski definition) is 1. The van der Waals surface area contributed by atoms with Gasteiger partial charge in [0.1, 0.15) is 0 Å². The van der Waals surface area contributed by atoms with Crippen molar-refractivity contribution in [1.29, 1.82) is 0 Å². The fourth-order valence-electron chi connectivity index (χ4n) is 9.50. The zero-order chi connectivity index (χ0) is 39.5. The van der Waals surface area contributed by atoms with Crippen LogP contribution in [0.3, 0.4) is 0 Å². The lowest BCUT2D eigenvalue weighted by molar-refractivity contribution is 0.194. The van der Waals surface area contributed by atoms with E-state index in [0.29, 0.717) is 29.1 Å². The summed E-state index contributed by atoms with van der Waals surface area (Å²) in [7, 11) is -1.08. The van der Waals surface area contributed by atoms with E-state index in [1.54, 1.807) is 0 Å². The summed E-state index contributed by atoms with van der Waals surface area (Å²) in [6, 6.07) is 66.6. The third-order valence-corrected chi connectivity index (χ3v) is 19.0. The Kier molecular flexibility index (Phi) is 14.6. The Labute approximate surface area is 347 Å². The molecule has 4 unspecified atom stereocenters. The zero-order valence-electron chi connectivity index (χ0n) is 34.7. The standard InChI is InChI=1S/C54H63NP2/c1-5-44(38-42(2)45-22-11-6-12-23-45)46-34-32-43(33-35-46)41-55-37-21-36-54(3,4)47-39-52(56(48-24-13-7-14-25-48)49-26-15-8-16-27-49)53(40-47)57(50-28-17-9-18-29-50)51-30-19-10-20-31-51/h6-20,22-35,42,44,47,52-53,55H,5,21,36-41H2,1-4H3. The lowest BCUT2D eigenvalue weighted by Crippen LogP contribution is -2.31. The molecule has 57 heavy (non-hydrogen) atoms. The van der Waals surface area contributed by atoms with E-state index in [2.05, 4.69) is 209 Å². The van der Waals surface area contributed by atoms with Gasteiger partial charge in [-0.25, -0.2) is 0 Å². The number of rotatable bonds is 18. The summed E-state index contributed by atoms with van der Waals surface area (Å²) >= 11 is 0. The molecule has 7 rings (SSSR count). The smallest absolute Gasteiger partial charge is 0.0205 e. The highest BCUT2D eigenvalue weighted by Gasteiger charge is 2.48. The quantitative estimate of drug-likeness (QED) is 0.0676. The SMILES string of the molecule is CCC(CC(C)c1ccccc1)c1ccc(CNCCCC(C)(C)C2CC(P(c3ccccc3)c3ccccc3)C(P(c3ccccc3)c3ccccc3)C2)cc1.